The van der Waals surface area contributed by atoms with Gasteiger partial charge in [-0.25, -0.2) is 9.50 Å². The number of aromatic nitrogens is 5. The molecular weight excluding hydrogens is 374 g/mol. The van der Waals surface area contributed by atoms with Crippen LogP contribution in [0.4, 0.5) is 0 Å². The Balaban J connectivity index is 1.27. The molecule has 0 unspecified atom stereocenters. The molecule has 4 aromatic rings. The van der Waals surface area contributed by atoms with E-state index in [1.54, 1.807) is 16.9 Å². The Kier molecular flexibility index (Phi) is 3.27. The van der Waals surface area contributed by atoms with Gasteiger partial charge in [-0.05, 0) is 17.0 Å². The lowest BCUT2D eigenvalue weighted by molar-refractivity contribution is -0.0245. The molecule has 2 fully saturated rings. The Labute approximate surface area is 164 Å². The van der Waals surface area contributed by atoms with Crippen molar-refractivity contribution in [2.24, 2.45) is 5.41 Å². The Morgan fingerprint density at radius 3 is 2.79 bits per heavy atom. The number of carbonyl (C=O) groups is 1. The highest BCUT2D eigenvalue weighted by Crippen LogP contribution is 2.36. The van der Waals surface area contributed by atoms with E-state index in [0.717, 1.165) is 59.0 Å². The number of nitrogens with one attached hydrogen (secondary N) is 2. The van der Waals surface area contributed by atoms with Crippen molar-refractivity contribution in [3.63, 3.8) is 0 Å². The van der Waals surface area contributed by atoms with E-state index < -0.39 is 0 Å². The van der Waals surface area contributed by atoms with Crippen molar-refractivity contribution in [1.82, 2.24) is 35.0 Å². The van der Waals surface area contributed by atoms with Crippen LogP contribution >= 0.6 is 11.3 Å². The normalized spacial score (nSPS) is 17.6. The number of amides is 1. The number of carbonyl (C=O) groups excluding carboxylic acids is 1. The second kappa shape index (κ2) is 5.73. The lowest BCUT2D eigenvalue weighted by atomic mass is 9.74. The van der Waals surface area contributed by atoms with E-state index in [1.165, 1.54) is 11.3 Å². The number of H-pyrrole nitrogens is 1. The maximum Gasteiger partial charge on any atom is 0.263 e. The van der Waals surface area contributed by atoms with Crippen molar-refractivity contribution in [3.05, 3.63) is 47.3 Å². The minimum Gasteiger partial charge on any atom is -0.336 e. The number of likely N-dealkylation sites (tertiary alicyclic amines) is 1. The molecule has 2 N–H and O–H groups in total. The molecular formula is C19H17N7OS. The topological polar surface area (TPSA) is 91.2 Å². The molecule has 0 radical (unpaired) electrons. The molecule has 4 aromatic heterocycles. The smallest absolute Gasteiger partial charge is 0.263 e. The molecule has 1 amide bonds. The third-order valence-electron chi connectivity index (χ3n) is 5.65. The predicted molar refractivity (Wildman–Crippen MR) is 105 cm³/mol. The quantitative estimate of drug-likeness (QED) is 0.557. The average Bonchev–Trinajstić information content (AvgIpc) is 3.37. The van der Waals surface area contributed by atoms with Crippen LogP contribution in [0.3, 0.4) is 0 Å². The maximum atomic E-state index is 12.7. The van der Waals surface area contributed by atoms with Gasteiger partial charge >= 0.3 is 0 Å². The fourth-order valence-electron chi connectivity index (χ4n) is 3.99. The summed E-state index contributed by atoms with van der Waals surface area (Å²) in [5.41, 5.74) is 4.92. The molecule has 0 saturated carbocycles. The molecule has 0 aromatic carbocycles. The number of fused-ring (bicyclic) bond motifs is 1. The molecule has 2 saturated heterocycles. The molecule has 2 aliphatic heterocycles. The summed E-state index contributed by atoms with van der Waals surface area (Å²) in [4.78, 5) is 20.1. The highest BCUT2D eigenvalue weighted by molar-refractivity contribution is 7.12. The van der Waals surface area contributed by atoms with Crippen LogP contribution in [0.2, 0.25) is 0 Å². The summed E-state index contributed by atoms with van der Waals surface area (Å²) in [7, 11) is 0. The Bertz CT molecular complexity index is 1180. The standard InChI is InChI=1S/C19H17N7OS/c27-18(25-10-19(11-25)8-20-9-19)16-1-12(7-28-16)15-5-24-26-6-14(2-21-17(15)26)13-3-22-23-4-13/h1-7,20H,8-11H2,(H,22,23). The molecule has 6 heterocycles. The zero-order valence-electron chi connectivity index (χ0n) is 14.9. The van der Waals surface area contributed by atoms with Crippen molar-refractivity contribution < 1.29 is 4.79 Å². The first kappa shape index (κ1) is 16.0. The largest absolute Gasteiger partial charge is 0.336 e. The second-order valence-electron chi connectivity index (χ2n) is 7.62. The van der Waals surface area contributed by atoms with Gasteiger partial charge in [0.2, 0.25) is 0 Å². The summed E-state index contributed by atoms with van der Waals surface area (Å²) in [6, 6.07) is 1.96. The van der Waals surface area contributed by atoms with Crippen LogP contribution < -0.4 is 5.32 Å². The molecule has 2 aliphatic rings. The predicted octanol–water partition coefficient (Wildman–Crippen LogP) is 1.89. The lowest BCUT2D eigenvalue weighted by Crippen LogP contribution is -2.71. The number of nitrogens with zero attached hydrogens (tertiary/aromatic N) is 5. The maximum absolute atomic E-state index is 12.7. The van der Waals surface area contributed by atoms with Crippen LogP contribution in [0, 0.1) is 5.41 Å². The number of aromatic amines is 1. The molecule has 0 atom stereocenters. The van der Waals surface area contributed by atoms with E-state index in [1.807, 2.05) is 34.9 Å². The van der Waals surface area contributed by atoms with Crippen LogP contribution in [0.25, 0.3) is 27.9 Å². The SMILES string of the molecule is O=C(c1cc(-c2cnn3cc(-c4cn[nH]c4)cnc23)cs1)N1CC2(CNC2)C1. The minimum atomic E-state index is 0.125. The van der Waals surface area contributed by atoms with E-state index in [4.69, 9.17) is 0 Å². The van der Waals surface area contributed by atoms with Crippen molar-refractivity contribution in [2.75, 3.05) is 26.2 Å². The monoisotopic (exact) mass is 391 g/mol. The molecule has 8 nitrogen and oxygen atoms in total. The van der Waals surface area contributed by atoms with Gasteiger partial charge < -0.3 is 10.2 Å². The molecule has 28 heavy (non-hydrogen) atoms. The van der Waals surface area contributed by atoms with Gasteiger partial charge in [0.1, 0.15) is 0 Å². The Morgan fingerprint density at radius 2 is 2.04 bits per heavy atom. The molecule has 6 rings (SSSR count). The fraction of sp³-hybridized carbons (Fsp3) is 0.263. The third kappa shape index (κ3) is 2.33. The van der Waals surface area contributed by atoms with Gasteiger partial charge in [-0.2, -0.15) is 10.2 Å². The first-order chi connectivity index (χ1) is 13.7. The molecule has 0 bridgehead atoms. The fourth-order valence-corrected chi connectivity index (χ4v) is 4.86. The first-order valence-electron chi connectivity index (χ1n) is 9.12. The molecule has 0 aliphatic carbocycles. The number of hydrogen-bond donors (Lipinski definition) is 2. The van der Waals surface area contributed by atoms with Gasteiger partial charge in [0.15, 0.2) is 5.65 Å². The zero-order chi connectivity index (χ0) is 18.7. The van der Waals surface area contributed by atoms with Crippen molar-refractivity contribution >= 4 is 22.9 Å². The van der Waals surface area contributed by atoms with Crippen LogP contribution in [-0.4, -0.2) is 61.8 Å². The molecule has 9 heteroatoms. The number of hydrogen-bond acceptors (Lipinski definition) is 6. The summed E-state index contributed by atoms with van der Waals surface area (Å²) in [6.45, 7) is 3.78. The van der Waals surface area contributed by atoms with Crippen LogP contribution in [0.15, 0.2) is 42.4 Å². The van der Waals surface area contributed by atoms with E-state index in [2.05, 4.69) is 25.6 Å². The summed E-state index contributed by atoms with van der Waals surface area (Å²) in [5, 5.41) is 16.5. The summed E-state index contributed by atoms with van der Waals surface area (Å²) in [6.07, 6.45) is 9.13. The van der Waals surface area contributed by atoms with Gasteiger partial charge in [-0.15, -0.1) is 11.3 Å². The van der Waals surface area contributed by atoms with Gasteiger partial charge in [-0.1, -0.05) is 0 Å². The molecule has 1 spiro atoms. The Morgan fingerprint density at radius 1 is 1.14 bits per heavy atom. The van der Waals surface area contributed by atoms with Crippen molar-refractivity contribution in [2.45, 2.75) is 0 Å². The Hall–Kier alpha value is -3.04. The molecule has 140 valence electrons. The van der Waals surface area contributed by atoms with Crippen LogP contribution in [0.5, 0.6) is 0 Å². The minimum absolute atomic E-state index is 0.125. The average molecular weight is 391 g/mol. The number of rotatable bonds is 3. The van der Waals surface area contributed by atoms with Crippen molar-refractivity contribution in [1.29, 1.82) is 0 Å². The van der Waals surface area contributed by atoms with E-state index in [-0.39, 0.29) is 5.91 Å². The third-order valence-corrected chi connectivity index (χ3v) is 6.57. The van der Waals surface area contributed by atoms with E-state index in [9.17, 15) is 4.79 Å². The summed E-state index contributed by atoms with van der Waals surface area (Å²) < 4.78 is 1.76. The van der Waals surface area contributed by atoms with E-state index in [0.29, 0.717) is 5.41 Å². The first-order valence-corrected chi connectivity index (χ1v) is 10.0. The highest BCUT2D eigenvalue weighted by Gasteiger charge is 2.49. The van der Waals surface area contributed by atoms with Gasteiger partial charge in [0.25, 0.3) is 5.91 Å². The van der Waals surface area contributed by atoms with Crippen LogP contribution in [-0.2, 0) is 0 Å². The lowest BCUT2D eigenvalue weighted by Gasteiger charge is -2.55. The van der Waals surface area contributed by atoms with Gasteiger partial charge in [-0.3, -0.25) is 9.89 Å². The highest BCUT2D eigenvalue weighted by atomic mass is 32.1. The van der Waals surface area contributed by atoms with Gasteiger partial charge in [0.05, 0.1) is 17.3 Å². The summed E-state index contributed by atoms with van der Waals surface area (Å²) >= 11 is 1.48. The zero-order valence-corrected chi connectivity index (χ0v) is 15.7. The van der Waals surface area contributed by atoms with Crippen LogP contribution in [0.1, 0.15) is 9.67 Å². The number of thiophene rings is 1. The van der Waals surface area contributed by atoms with E-state index >= 15 is 0 Å². The van der Waals surface area contributed by atoms with Crippen molar-refractivity contribution in [3.8, 4) is 22.3 Å². The summed E-state index contributed by atoms with van der Waals surface area (Å²) in [5.74, 6) is 0.125. The van der Waals surface area contributed by atoms with Gasteiger partial charge in [0, 0.05) is 66.9 Å². The second-order valence-corrected chi connectivity index (χ2v) is 8.53.